The van der Waals surface area contributed by atoms with E-state index in [4.69, 9.17) is 4.74 Å². The maximum Gasteiger partial charge on any atom is 0.324 e. The second kappa shape index (κ2) is 7.66. The zero-order valence-corrected chi connectivity index (χ0v) is 11.8. The van der Waals surface area contributed by atoms with Crippen molar-refractivity contribution in [2.45, 2.75) is 46.1 Å². The Bertz CT molecular complexity index is 324. The summed E-state index contributed by atoms with van der Waals surface area (Å²) in [6.07, 6.45) is 3.89. The Morgan fingerprint density at radius 2 is 1.88 bits per heavy atom. The number of carbonyl (C=O) groups excluding carboxylic acids is 1. The summed E-state index contributed by atoms with van der Waals surface area (Å²) >= 11 is 0. The van der Waals surface area contributed by atoms with Crippen molar-refractivity contribution in [3.05, 3.63) is 0 Å². The van der Waals surface area contributed by atoms with Crippen molar-refractivity contribution < 1.29 is 17.9 Å². The molecule has 1 atom stereocenters. The molecule has 102 valence electrons. The molecule has 5 nitrogen and oxygen atoms in total. The van der Waals surface area contributed by atoms with Crippen molar-refractivity contribution in [3.63, 3.8) is 0 Å². The zero-order chi connectivity index (χ0) is 13.5. The van der Waals surface area contributed by atoms with E-state index >= 15 is 0 Å². The molecular formula is C11H23NO4S. The predicted octanol–water partition coefficient (Wildman–Crippen LogP) is 1.29. The summed E-state index contributed by atoms with van der Waals surface area (Å²) in [7, 11) is -3.40. The standard InChI is InChI=1S/C11H23NO4S/c1-5-6-7-8-16-11(13)10(9(2)3)12-17(4,14)15/h9-10,12H,5-8H2,1-4H3. The minimum absolute atomic E-state index is 0.136. The summed E-state index contributed by atoms with van der Waals surface area (Å²) in [5.41, 5.74) is 0. The number of ether oxygens (including phenoxy) is 1. The van der Waals surface area contributed by atoms with Crippen molar-refractivity contribution in [1.29, 1.82) is 0 Å². The van der Waals surface area contributed by atoms with Gasteiger partial charge < -0.3 is 4.74 Å². The van der Waals surface area contributed by atoms with Gasteiger partial charge >= 0.3 is 5.97 Å². The summed E-state index contributed by atoms with van der Waals surface area (Å²) < 4.78 is 29.6. The van der Waals surface area contributed by atoms with Crippen LogP contribution in [0.1, 0.15) is 40.0 Å². The number of rotatable bonds is 8. The number of unbranched alkanes of at least 4 members (excludes halogenated alkanes) is 2. The molecule has 0 radical (unpaired) electrons. The molecule has 0 aromatic rings. The van der Waals surface area contributed by atoms with Crippen LogP contribution in [0.15, 0.2) is 0 Å². The Balaban J connectivity index is 4.26. The van der Waals surface area contributed by atoms with Gasteiger partial charge in [0.2, 0.25) is 10.0 Å². The maximum atomic E-state index is 11.7. The van der Waals surface area contributed by atoms with Gasteiger partial charge in [-0.15, -0.1) is 0 Å². The van der Waals surface area contributed by atoms with E-state index in [0.29, 0.717) is 6.61 Å². The monoisotopic (exact) mass is 265 g/mol. The van der Waals surface area contributed by atoms with E-state index < -0.39 is 22.0 Å². The molecule has 0 amide bonds. The van der Waals surface area contributed by atoms with Gasteiger partial charge in [0.15, 0.2) is 0 Å². The second-order valence-corrected chi connectivity index (χ2v) is 6.27. The highest BCUT2D eigenvalue weighted by atomic mass is 32.2. The minimum Gasteiger partial charge on any atom is -0.464 e. The second-order valence-electron chi connectivity index (χ2n) is 4.49. The van der Waals surface area contributed by atoms with Crippen LogP contribution in [0.2, 0.25) is 0 Å². The minimum atomic E-state index is -3.40. The molecule has 0 rings (SSSR count). The zero-order valence-electron chi connectivity index (χ0n) is 11.0. The molecule has 0 aromatic heterocycles. The van der Waals surface area contributed by atoms with Gasteiger partial charge in [0.05, 0.1) is 12.9 Å². The van der Waals surface area contributed by atoms with Crippen molar-refractivity contribution in [2.24, 2.45) is 5.92 Å². The topological polar surface area (TPSA) is 72.5 Å². The first-order valence-electron chi connectivity index (χ1n) is 5.92. The summed E-state index contributed by atoms with van der Waals surface area (Å²) in [4.78, 5) is 11.7. The number of hydrogen-bond donors (Lipinski definition) is 1. The van der Waals surface area contributed by atoms with Crippen LogP contribution in [-0.2, 0) is 19.6 Å². The van der Waals surface area contributed by atoms with E-state index in [1.165, 1.54) is 0 Å². The Morgan fingerprint density at radius 3 is 2.29 bits per heavy atom. The molecule has 0 fully saturated rings. The highest BCUT2D eigenvalue weighted by Gasteiger charge is 2.26. The first kappa shape index (κ1) is 16.4. The van der Waals surface area contributed by atoms with Crippen LogP contribution < -0.4 is 4.72 Å². The third kappa shape index (κ3) is 8.15. The first-order chi connectivity index (χ1) is 7.78. The fourth-order valence-corrected chi connectivity index (χ4v) is 2.13. The largest absolute Gasteiger partial charge is 0.464 e. The highest BCUT2D eigenvalue weighted by molar-refractivity contribution is 7.88. The van der Waals surface area contributed by atoms with Gasteiger partial charge in [0.25, 0.3) is 0 Å². The van der Waals surface area contributed by atoms with Crippen molar-refractivity contribution in [1.82, 2.24) is 4.72 Å². The van der Waals surface area contributed by atoms with E-state index in [1.807, 2.05) is 0 Å². The third-order valence-corrected chi connectivity index (χ3v) is 2.94. The third-order valence-electron chi connectivity index (χ3n) is 2.25. The van der Waals surface area contributed by atoms with E-state index in [1.54, 1.807) is 13.8 Å². The average Bonchev–Trinajstić information content (AvgIpc) is 2.19. The number of sulfonamides is 1. The Morgan fingerprint density at radius 1 is 1.29 bits per heavy atom. The Kier molecular flexibility index (Phi) is 7.38. The van der Waals surface area contributed by atoms with Crippen molar-refractivity contribution >= 4 is 16.0 Å². The van der Waals surface area contributed by atoms with E-state index in [9.17, 15) is 13.2 Å². The molecule has 0 saturated heterocycles. The lowest BCUT2D eigenvalue weighted by molar-refractivity contribution is -0.146. The molecule has 1 N–H and O–H groups in total. The summed E-state index contributed by atoms with van der Waals surface area (Å²) in [5.74, 6) is -0.634. The van der Waals surface area contributed by atoms with Gasteiger partial charge in [-0.2, -0.15) is 0 Å². The van der Waals surface area contributed by atoms with E-state index in [-0.39, 0.29) is 5.92 Å². The van der Waals surface area contributed by atoms with Crippen LogP contribution in [0.4, 0.5) is 0 Å². The molecule has 17 heavy (non-hydrogen) atoms. The first-order valence-corrected chi connectivity index (χ1v) is 7.81. The smallest absolute Gasteiger partial charge is 0.324 e. The molecule has 0 aliphatic rings. The van der Waals surface area contributed by atoms with E-state index in [0.717, 1.165) is 25.5 Å². The molecule has 0 aromatic carbocycles. The molecule has 0 aliphatic carbocycles. The highest BCUT2D eigenvalue weighted by Crippen LogP contribution is 2.06. The number of nitrogens with one attached hydrogen (secondary N) is 1. The molecule has 0 bridgehead atoms. The normalized spacial score (nSPS) is 13.7. The molecule has 0 spiro atoms. The number of carbonyl (C=O) groups is 1. The maximum absolute atomic E-state index is 11.7. The summed E-state index contributed by atoms with van der Waals surface area (Å²) in [6.45, 7) is 5.96. The Hall–Kier alpha value is -0.620. The molecule has 1 unspecified atom stereocenters. The number of esters is 1. The van der Waals surface area contributed by atoms with Gasteiger partial charge in [0, 0.05) is 0 Å². The van der Waals surface area contributed by atoms with Crippen LogP contribution in [0, 0.1) is 5.92 Å². The van der Waals surface area contributed by atoms with Crippen LogP contribution in [0.5, 0.6) is 0 Å². The summed E-state index contributed by atoms with van der Waals surface area (Å²) in [6, 6.07) is -0.799. The molecular weight excluding hydrogens is 242 g/mol. The van der Waals surface area contributed by atoms with Crippen LogP contribution in [-0.4, -0.2) is 33.3 Å². The lowest BCUT2D eigenvalue weighted by atomic mass is 10.1. The van der Waals surface area contributed by atoms with E-state index in [2.05, 4.69) is 11.6 Å². The van der Waals surface area contributed by atoms with Gasteiger partial charge in [0.1, 0.15) is 6.04 Å². The van der Waals surface area contributed by atoms with Gasteiger partial charge in [-0.05, 0) is 12.3 Å². The molecule has 0 aliphatic heterocycles. The van der Waals surface area contributed by atoms with Crippen molar-refractivity contribution in [2.75, 3.05) is 12.9 Å². The summed E-state index contributed by atoms with van der Waals surface area (Å²) in [5, 5.41) is 0. The van der Waals surface area contributed by atoms with Gasteiger partial charge in [-0.1, -0.05) is 33.6 Å². The Labute approximate surface area is 104 Å². The quantitative estimate of drug-likeness (QED) is 0.530. The average molecular weight is 265 g/mol. The van der Waals surface area contributed by atoms with Crippen molar-refractivity contribution in [3.8, 4) is 0 Å². The van der Waals surface area contributed by atoms with Crippen LogP contribution in [0.25, 0.3) is 0 Å². The molecule has 0 heterocycles. The fraction of sp³-hybridized carbons (Fsp3) is 0.909. The van der Waals surface area contributed by atoms with Gasteiger partial charge in [-0.3, -0.25) is 4.79 Å². The lowest BCUT2D eigenvalue weighted by Gasteiger charge is -2.19. The molecule has 6 heteroatoms. The van der Waals surface area contributed by atoms with Crippen LogP contribution >= 0.6 is 0 Å². The lowest BCUT2D eigenvalue weighted by Crippen LogP contribution is -2.44. The van der Waals surface area contributed by atoms with Crippen LogP contribution in [0.3, 0.4) is 0 Å². The predicted molar refractivity (Wildman–Crippen MR) is 67.1 cm³/mol. The number of hydrogen-bond acceptors (Lipinski definition) is 4. The SMILES string of the molecule is CCCCCOC(=O)C(NS(C)(=O)=O)C(C)C. The molecule has 0 saturated carbocycles. The van der Waals surface area contributed by atoms with Gasteiger partial charge in [-0.25, -0.2) is 13.1 Å². The fourth-order valence-electron chi connectivity index (χ4n) is 1.30.